The van der Waals surface area contributed by atoms with E-state index in [2.05, 4.69) is 17.4 Å². The zero-order chi connectivity index (χ0) is 18.9. The molecule has 1 atom stereocenters. The van der Waals surface area contributed by atoms with Crippen LogP contribution in [0, 0.1) is 5.92 Å². The van der Waals surface area contributed by atoms with Crippen molar-refractivity contribution in [1.82, 2.24) is 5.32 Å². The van der Waals surface area contributed by atoms with Crippen LogP contribution in [0.4, 0.5) is 5.69 Å². The summed E-state index contributed by atoms with van der Waals surface area (Å²) < 4.78 is 5.17. The number of nitrogens with zero attached hydrogens (tertiary/aromatic N) is 1. The number of hydrogen-bond donors (Lipinski definition) is 1. The molecule has 1 heterocycles. The molecule has 0 unspecified atom stereocenters. The van der Waals surface area contributed by atoms with E-state index in [1.165, 1.54) is 0 Å². The SMILES string of the molecule is COc1ccc(N2C[C@H](C(=O)NC3(c4ccccc4)CCC3)CC2=O)cc1. The lowest BCUT2D eigenvalue weighted by Gasteiger charge is -2.43. The van der Waals surface area contributed by atoms with E-state index < -0.39 is 0 Å². The van der Waals surface area contributed by atoms with Crippen LogP contribution in [0.2, 0.25) is 0 Å². The number of hydrogen-bond acceptors (Lipinski definition) is 3. The molecule has 2 aromatic carbocycles. The quantitative estimate of drug-likeness (QED) is 0.886. The predicted octanol–water partition coefficient (Wildman–Crippen LogP) is 3.24. The number of ether oxygens (including phenoxy) is 1. The third kappa shape index (κ3) is 3.29. The Balaban J connectivity index is 1.46. The smallest absolute Gasteiger partial charge is 0.227 e. The van der Waals surface area contributed by atoms with Gasteiger partial charge in [0.2, 0.25) is 11.8 Å². The number of nitrogens with one attached hydrogen (secondary N) is 1. The zero-order valence-electron chi connectivity index (χ0n) is 15.5. The lowest BCUT2D eigenvalue weighted by Crippen LogP contribution is -2.52. The molecule has 1 aliphatic heterocycles. The summed E-state index contributed by atoms with van der Waals surface area (Å²) >= 11 is 0. The largest absolute Gasteiger partial charge is 0.497 e. The summed E-state index contributed by atoms with van der Waals surface area (Å²) in [5.41, 5.74) is 1.69. The van der Waals surface area contributed by atoms with Crippen LogP contribution in [-0.2, 0) is 15.1 Å². The molecule has 5 nitrogen and oxygen atoms in total. The highest BCUT2D eigenvalue weighted by Gasteiger charge is 2.43. The Morgan fingerprint density at radius 1 is 1.11 bits per heavy atom. The van der Waals surface area contributed by atoms with Crippen molar-refractivity contribution in [2.24, 2.45) is 5.92 Å². The molecular weight excluding hydrogens is 340 g/mol. The van der Waals surface area contributed by atoms with E-state index >= 15 is 0 Å². The second-order valence-corrected chi connectivity index (χ2v) is 7.39. The third-order valence-electron chi connectivity index (χ3n) is 5.78. The Bertz CT molecular complexity index is 828. The maximum Gasteiger partial charge on any atom is 0.227 e. The van der Waals surface area contributed by atoms with Crippen molar-refractivity contribution in [1.29, 1.82) is 0 Å². The molecule has 0 spiro atoms. The van der Waals surface area contributed by atoms with Gasteiger partial charge in [-0.1, -0.05) is 30.3 Å². The van der Waals surface area contributed by atoms with E-state index in [-0.39, 0.29) is 29.7 Å². The minimum absolute atomic E-state index is 0.0114. The maximum absolute atomic E-state index is 12.9. The van der Waals surface area contributed by atoms with Gasteiger partial charge >= 0.3 is 0 Å². The molecule has 2 aliphatic rings. The fourth-order valence-corrected chi connectivity index (χ4v) is 4.01. The second kappa shape index (κ2) is 7.06. The monoisotopic (exact) mass is 364 g/mol. The zero-order valence-corrected chi connectivity index (χ0v) is 15.5. The van der Waals surface area contributed by atoms with Gasteiger partial charge in [-0.2, -0.15) is 0 Å². The highest BCUT2D eigenvalue weighted by Crippen LogP contribution is 2.41. The van der Waals surface area contributed by atoms with Gasteiger partial charge in [0.25, 0.3) is 0 Å². The molecule has 0 aromatic heterocycles. The van der Waals surface area contributed by atoms with Gasteiger partial charge in [-0.3, -0.25) is 9.59 Å². The van der Waals surface area contributed by atoms with Gasteiger partial charge in [-0.15, -0.1) is 0 Å². The molecule has 5 heteroatoms. The van der Waals surface area contributed by atoms with Crippen molar-refractivity contribution in [2.45, 2.75) is 31.2 Å². The third-order valence-corrected chi connectivity index (χ3v) is 5.78. The van der Waals surface area contributed by atoms with Crippen molar-refractivity contribution in [2.75, 3.05) is 18.6 Å². The van der Waals surface area contributed by atoms with Gasteiger partial charge in [0.1, 0.15) is 5.75 Å². The van der Waals surface area contributed by atoms with Gasteiger partial charge in [-0.25, -0.2) is 0 Å². The number of amides is 2. The molecule has 1 N–H and O–H groups in total. The van der Waals surface area contributed by atoms with Gasteiger partial charge < -0.3 is 15.0 Å². The van der Waals surface area contributed by atoms with Crippen LogP contribution in [0.25, 0.3) is 0 Å². The summed E-state index contributed by atoms with van der Waals surface area (Å²) in [5.74, 6) is 0.390. The number of carbonyl (C=O) groups is 2. The van der Waals surface area contributed by atoms with Gasteiger partial charge in [0.15, 0.2) is 0 Å². The van der Waals surface area contributed by atoms with E-state index in [9.17, 15) is 9.59 Å². The first-order chi connectivity index (χ1) is 13.1. The minimum Gasteiger partial charge on any atom is -0.497 e. The molecule has 0 bridgehead atoms. The first-order valence-corrected chi connectivity index (χ1v) is 9.43. The molecule has 0 radical (unpaired) electrons. The van der Waals surface area contributed by atoms with Crippen LogP contribution in [-0.4, -0.2) is 25.5 Å². The summed E-state index contributed by atoms with van der Waals surface area (Å²) in [4.78, 5) is 27.1. The topological polar surface area (TPSA) is 58.6 Å². The fourth-order valence-electron chi connectivity index (χ4n) is 4.01. The number of carbonyl (C=O) groups excluding carboxylic acids is 2. The van der Waals surface area contributed by atoms with Crippen LogP contribution < -0.4 is 15.0 Å². The lowest BCUT2D eigenvalue weighted by atomic mass is 9.71. The average molecular weight is 364 g/mol. The summed E-state index contributed by atoms with van der Waals surface area (Å²) in [5, 5.41) is 3.26. The Morgan fingerprint density at radius 3 is 2.41 bits per heavy atom. The first-order valence-electron chi connectivity index (χ1n) is 9.43. The normalized spacial score (nSPS) is 20.9. The number of anilines is 1. The standard InChI is InChI=1S/C22H24N2O3/c1-27-19-10-8-18(9-11-19)24-15-16(14-20(24)25)21(26)23-22(12-5-13-22)17-6-3-2-4-7-17/h2-4,6-11,16H,5,12-15H2,1H3,(H,23,26)/t16-/m1/s1. The van der Waals surface area contributed by atoms with Crippen molar-refractivity contribution < 1.29 is 14.3 Å². The molecule has 4 rings (SSSR count). The summed E-state index contributed by atoms with van der Waals surface area (Å²) in [6.07, 6.45) is 3.26. The van der Waals surface area contributed by atoms with Crippen LogP contribution >= 0.6 is 0 Å². The molecule has 1 aliphatic carbocycles. The number of methoxy groups -OCH3 is 1. The maximum atomic E-state index is 12.9. The number of benzene rings is 2. The predicted molar refractivity (Wildman–Crippen MR) is 104 cm³/mol. The fraction of sp³-hybridized carbons (Fsp3) is 0.364. The molecule has 2 aromatic rings. The highest BCUT2D eigenvalue weighted by molar-refractivity contribution is 6.00. The second-order valence-electron chi connectivity index (χ2n) is 7.39. The average Bonchev–Trinajstić information content (AvgIpc) is 3.07. The van der Waals surface area contributed by atoms with Gasteiger partial charge in [-0.05, 0) is 49.1 Å². The van der Waals surface area contributed by atoms with E-state index in [1.54, 1.807) is 12.0 Å². The van der Waals surface area contributed by atoms with Gasteiger partial charge in [0.05, 0.1) is 18.6 Å². The summed E-state index contributed by atoms with van der Waals surface area (Å²) in [6.45, 7) is 0.419. The van der Waals surface area contributed by atoms with E-state index in [0.29, 0.717) is 6.54 Å². The Morgan fingerprint density at radius 2 is 1.81 bits per heavy atom. The summed E-state index contributed by atoms with van der Waals surface area (Å²) in [6, 6.07) is 17.5. The first kappa shape index (κ1) is 17.6. The van der Waals surface area contributed by atoms with Crippen LogP contribution in [0.15, 0.2) is 54.6 Å². The van der Waals surface area contributed by atoms with Crippen molar-refractivity contribution >= 4 is 17.5 Å². The molecular formula is C22H24N2O3. The van der Waals surface area contributed by atoms with E-state index in [0.717, 1.165) is 36.3 Å². The molecule has 2 amide bonds. The molecule has 1 saturated heterocycles. The Hall–Kier alpha value is -2.82. The van der Waals surface area contributed by atoms with Crippen LogP contribution in [0.5, 0.6) is 5.75 Å². The van der Waals surface area contributed by atoms with Crippen LogP contribution in [0.1, 0.15) is 31.2 Å². The molecule has 27 heavy (non-hydrogen) atoms. The minimum atomic E-state index is -0.319. The summed E-state index contributed by atoms with van der Waals surface area (Å²) in [7, 11) is 1.61. The van der Waals surface area contributed by atoms with Gasteiger partial charge in [0, 0.05) is 18.7 Å². The van der Waals surface area contributed by atoms with Crippen LogP contribution in [0.3, 0.4) is 0 Å². The van der Waals surface area contributed by atoms with E-state index in [1.807, 2.05) is 42.5 Å². The van der Waals surface area contributed by atoms with Crippen molar-refractivity contribution in [3.05, 3.63) is 60.2 Å². The number of rotatable bonds is 5. The molecule has 1 saturated carbocycles. The highest BCUT2D eigenvalue weighted by atomic mass is 16.5. The molecule has 2 fully saturated rings. The molecule has 140 valence electrons. The lowest BCUT2D eigenvalue weighted by molar-refractivity contribution is -0.129. The van der Waals surface area contributed by atoms with Crippen molar-refractivity contribution in [3.8, 4) is 5.75 Å². The Labute approximate surface area is 159 Å². The van der Waals surface area contributed by atoms with Crippen molar-refractivity contribution in [3.63, 3.8) is 0 Å². The Kier molecular flexibility index (Phi) is 4.60. The van der Waals surface area contributed by atoms with E-state index in [4.69, 9.17) is 4.74 Å².